The first-order valence-electron chi connectivity index (χ1n) is 12.9. The predicted molar refractivity (Wildman–Crippen MR) is 149 cm³/mol. The molecule has 198 valence electrons. The van der Waals surface area contributed by atoms with Gasteiger partial charge in [-0.25, -0.2) is 17.9 Å². The van der Waals surface area contributed by atoms with E-state index in [1.807, 2.05) is 58.0 Å². The van der Waals surface area contributed by atoms with Gasteiger partial charge < -0.3 is 5.32 Å². The predicted octanol–water partition coefficient (Wildman–Crippen LogP) is 5.37. The number of aryl methyl sites for hydroxylation is 5. The molecule has 9 heteroatoms. The summed E-state index contributed by atoms with van der Waals surface area (Å²) < 4.78 is 30.5. The molecule has 0 unspecified atom stereocenters. The van der Waals surface area contributed by atoms with Gasteiger partial charge >= 0.3 is 0 Å². The third-order valence-corrected chi connectivity index (χ3v) is 9.33. The number of hydrogen-bond donors (Lipinski definition) is 1. The second kappa shape index (κ2) is 9.96. The van der Waals surface area contributed by atoms with Crippen molar-refractivity contribution in [2.75, 3.05) is 18.4 Å². The highest BCUT2D eigenvalue weighted by Crippen LogP contribution is 2.33. The Morgan fingerprint density at radius 2 is 1.58 bits per heavy atom. The van der Waals surface area contributed by atoms with Gasteiger partial charge in [0.2, 0.25) is 10.0 Å². The summed E-state index contributed by atoms with van der Waals surface area (Å²) in [5.41, 5.74) is 6.94. The number of aromatic nitrogens is 3. The number of carbonyl (C=O) groups excluding carboxylic acids is 1. The third-order valence-electron chi connectivity index (χ3n) is 7.28. The Morgan fingerprint density at radius 3 is 2.29 bits per heavy atom. The highest BCUT2D eigenvalue weighted by molar-refractivity contribution is 7.89. The molecule has 1 saturated heterocycles. The summed E-state index contributed by atoms with van der Waals surface area (Å²) in [5.74, 6) is -0.383. The van der Waals surface area contributed by atoms with Crippen molar-refractivity contribution in [2.45, 2.75) is 58.8 Å². The zero-order valence-electron chi connectivity index (χ0n) is 22.5. The number of benzene rings is 2. The number of piperidine rings is 1. The minimum atomic E-state index is -3.68. The number of hydrogen-bond acceptors (Lipinski definition) is 5. The van der Waals surface area contributed by atoms with Crippen molar-refractivity contribution < 1.29 is 13.2 Å². The number of fused-ring (bicyclic) bond motifs is 1. The molecular formula is C29H33N5O3S. The Labute approximate surface area is 223 Å². The fraction of sp³-hybridized carbons (Fsp3) is 0.345. The van der Waals surface area contributed by atoms with Crippen molar-refractivity contribution in [1.82, 2.24) is 18.9 Å². The SMILES string of the molecule is Cc1cc(C)n2nc(C(=O)Nc3ccc(C)c(C)c3)c(-c3ccc(C)c(S(=O)(=O)N4CCCCC4)c3)c2n1. The Hall–Kier alpha value is -3.56. The molecular weight excluding hydrogens is 498 g/mol. The average molecular weight is 532 g/mol. The summed E-state index contributed by atoms with van der Waals surface area (Å²) in [4.78, 5) is 18.6. The number of nitrogens with zero attached hydrogens (tertiary/aromatic N) is 4. The van der Waals surface area contributed by atoms with Crippen LogP contribution < -0.4 is 5.32 Å². The molecule has 0 aliphatic carbocycles. The molecule has 0 saturated carbocycles. The van der Waals surface area contributed by atoms with Gasteiger partial charge in [0.1, 0.15) is 0 Å². The fourth-order valence-corrected chi connectivity index (χ4v) is 6.80. The Bertz CT molecular complexity index is 1670. The van der Waals surface area contributed by atoms with E-state index in [0.29, 0.717) is 41.1 Å². The minimum absolute atomic E-state index is 0.189. The van der Waals surface area contributed by atoms with Crippen LogP contribution in [-0.2, 0) is 10.0 Å². The maximum absolute atomic E-state index is 13.6. The van der Waals surface area contributed by atoms with Crippen LogP contribution in [0.3, 0.4) is 0 Å². The van der Waals surface area contributed by atoms with Crippen LogP contribution >= 0.6 is 0 Å². The van der Waals surface area contributed by atoms with Crippen molar-refractivity contribution >= 4 is 27.3 Å². The Morgan fingerprint density at radius 1 is 0.868 bits per heavy atom. The van der Waals surface area contributed by atoms with E-state index in [-0.39, 0.29) is 16.5 Å². The lowest BCUT2D eigenvalue weighted by Gasteiger charge is -2.26. The van der Waals surface area contributed by atoms with E-state index in [1.54, 1.807) is 27.9 Å². The topological polar surface area (TPSA) is 96.7 Å². The van der Waals surface area contributed by atoms with E-state index in [0.717, 1.165) is 41.8 Å². The molecule has 8 nitrogen and oxygen atoms in total. The fourth-order valence-electron chi connectivity index (χ4n) is 5.03. The lowest BCUT2D eigenvalue weighted by molar-refractivity contribution is 0.102. The first-order chi connectivity index (χ1) is 18.1. The lowest BCUT2D eigenvalue weighted by Crippen LogP contribution is -2.35. The number of sulfonamides is 1. The molecule has 2 aromatic heterocycles. The van der Waals surface area contributed by atoms with Crippen LogP contribution in [0.15, 0.2) is 47.4 Å². The second-order valence-corrected chi connectivity index (χ2v) is 12.1. The van der Waals surface area contributed by atoms with E-state index in [2.05, 4.69) is 10.4 Å². The molecule has 1 N–H and O–H groups in total. The van der Waals surface area contributed by atoms with Crippen molar-refractivity contribution in [3.05, 3.63) is 76.2 Å². The van der Waals surface area contributed by atoms with Gasteiger partial charge in [-0.1, -0.05) is 24.6 Å². The van der Waals surface area contributed by atoms with Gasteiger partial charge in [-0.05, 0) is 94.0 Å². The number of anilines is 1. The van der Waals surface area contributed by atoms with Crippen molar-refractivity contribution in [1.29, 1.82) is 0 Å². The van der Waals surface area contributed by atoms with Crippen LogP contribution in [0.25, 0.3) is 16.8 Å². The molecule has 1 aliphatic rings. The molecule has 0 radical (unpaired) electrons. The number of carbonyl (C=O) groups is 1. The van der Waals surface area contributed by atoms with Gasteiger partial charge in [0, 0.05) is 30.2 Å². The zero-order chi connectivity index (χ0) is 27.2. The maximum atomic E-state index is 13.6. The van der Waals surface area contributed by atoms with E-state index in [1.165, 1.54) is 0 Å². The molecule has 0 atom stereocenters. The van der Waals surface area contributed by atoms with Gasteiger partial charge in [-0.15, -0.1) is 0 Å². The summed E-state index contributed by atoms with van der Waals surface area (Å²) >= 11 is 0. The largest absolute Gasteiger partial charge is 0.321 e. The van der Waals surface area contributed by atoms with Gasteiger partial charge in [0.15, 0.2) is 11.3 Å². The van der Waals surface area contributed by atoms with Gasteiger partial charge in [0.05, 0.1) is 10.5 Å². The first-order valence-corrected chi connectivity index (χ1v) is 14.4. The molecule has 1 amide bonds. The molecule has 1 fully saturated rings. The maximum Gasteiger partial charge on any atom is 0.276 e. The minimum Gasteiger partial charge on any atom is -0.321 e. The smallest absolute Gasteiger partial charge is 0.276 e. The summed E-state index contributed by atoms with van der Waals surface area (Å²) in [6.07, 6.45) is 2.76. The molecule has 5 rings (SSSR count). The van der Waals surface area contributed by atoms with Crippen molar-refractivity contribution in [3.8, 4) is 11.1 Å². The van der Waals surface area contributed by atoms with Crippen LogP contribution in [0, 0.1) is 34.6 Å². The summed E-state index contributed by atoms with van der Waals surface area (Å²) in [5, 5.41) is 7.62. The molecule has 4 aromatic rings. The highest BCUT2D eigenvalue weighted by atomic mass is 32.2. The molecule has 38 heavy (non-hydrogen) atoms. The van der Waals surface area contributed by atoms with Crippen LogP contribution in [-0.4, -0.2) is 46.3 Å². The Balaban J connectivity index is 1.66. The zero-order valence-corrected chi connectivity index (χ0v) is 23.3. The third kappa shape index (κ3) is 4.72. The molecule has 0 bridgehead atoms. The van der Waals surface area contributed by atoms with E-state index in [4.69, 9.17) is 4.98 Å². The van der Waals surface area contributed by atoms with Crippen LogP contribution in [0.1, 0.15) is 57.8 Å². The monoisotopic (exact) mass is 531 g/mol. The molecule has 3 heterocycles. The summed E-state index contributed by atoms with van der Waals surface area (Å²) in [7, 11) is -3.68. The summed E-state index contributed by atoms with van der Waals surface area (Å²) in [6, 6.07) is 12.9. The molecule has 0 spiro atoms. The van der Waals surface area contributed by atoms with Crippen LogP contribution in [0.5, 0.6) is 0 Å². The van der Waals surface area contributed by atoms with Crippen LogP contribution in [0.4, 0.5) is 5.69 Å². The standard InChI is InChI=1S/C29H33N5O3S/c1-18-10-12-24(15-20(18)3)31-29(35)27-26(28-30-21(4)16-22(5)34(28)32-27)23-11-9-19(2)25(17-23)38(36,37)33-13-7-6-8-14-33/h9-12,15-17H,6-8,13-14H2,1-5H3,(H,31,35). The number of amides is 1. The van der Waals surface area contributed by atoms with Gasteiger partial charge in [-0.3, -0.25) is 4.79 Å². The van der Waals surface area contributed by atoms with E-state index < -0.39 is 10.0 Å². The average Bonchev–Trinajstić information content (AvgIpc) is 3.27. The first kappa shape index (κ1) is 26.1. The molecule has 1 aliphatic heterocycles. The number of nitrogens with one attached hydrogen (secondary N) is 1. The Kier molecular flexibility index (Phi) is 6.83. The van der Waals surface area contributed by atoms with Gasteiger partial charge in [0.25, 0.3) is 5.91 Å². The van der Waals surface area contributed by atoms with Gasteiger partial charge in [-0.2, -0.15) is 9.40 Å². The van der Waals surface area contributed by atoms with E-state index in [9.17, 15) is 13.2 Å². The quantitative estimate of drug-likeness (QED) is 0.374. The van der Waals surface area contributed by atoms with Crippen LogP contribution in [0.2, 0.25) is 0 Å². The van der Waals surface area contributed by atoms with Crippen molar-refractivity contribution in [2.24, 2.45) is 0 Å². The normalized spacial score (nSPS) is 14.7. The van der Waals surface area contributed by atoms with E-state index >= 15 is 0 Å². The van der Waals surface area contributed by atoms with Crippen molar-refractivity contribution in [3.63, 3.8) is 0 Å². The number of rotatable bonds is 5. The highest BCUT2D eigenvalue weighted by Gasteiger charge is 2.29. The summed E-state index contributed by atoms with van der Waals surface area (Å²) in [6.45, 7) is 10.7. The molecule has 2 aromatic carbocycles. The lowest BCUT2D eigenvalue weighted by atomic mass is 10.0. The second-order valence-electron chi connectivity index (χ2n) is 10.2.